The van der Waals surface area contributed by atoms with E-state index in [2.05, 4.69) is 182 Å². The maximum absolute atomic E-state index is 5.54. The van der Waals surface area contributed by atoms with Gasteiger partial charge in [-0.3, -0.25) is 24.9 Å². The molecule has 0 amide bonds. The molecule has 3 aromatic carbocycles. The van der Waals surface area contributed by atoms with Gasteiger partial charge in [0.15, 0.2) is 11.2 Å². The van der Waals surface area contributed by atoms with Gasteiger partial charge < -0.3 is 22.1 Å². The number of benzene rings is 3. The number of rotatable bonds is 0. The zero-order chi connectivity index (χ0) is 95.4. The van der Waals surface area contributed by atoms with Crippen LogP contribution in [0.1, 0.15) is 0 Å². The van der Waals surface area contributed by atoms with Crippen molar-refractivity contribution >= 4 is 301 Å². The maximum atomic E-state index is 5.54. The molecule has 0 fully saturated rings. The maximum Gasteiger partial charge on any atom is 0.229 e. The Labute approximate surface area is 830 Å². The number of hydrogen-bond acceptors (Lipinski definition) is 33. The topological polar surface area (TPSA) is 349 Å². The van der Waals surface area contributed by atoms with Gasteiger partial charge in [-0.25, -0.2) is 84.7 Å². The lowest BCUT2D eigenvalue weighted by Crippen LogP contribution is -1.75. The van der Waals surface area contributed by atoms with Crippen molar-refractivity contribution in [3.05, 3.63) is 404 Å². The molecule has 0 radical (unpaired) electrons. The molecule has 0 aliphatic heterocycles. The van der Waals surface area contributed by atoms with Crippen molar-refractivity contribution in [1.82, 2.24) is 110 Å². The van der Waals surface area contributed by atoms with E-state index >= 15 is 0 Å². The molecule has 143 heavy (non-hydrogen) atoms. The third-order valence-corrected chi connectivity index (χ3v) is 28.7. The van der Waals surface area contributed by atoms with Gasteiger partial charge in [0.05, 0.1) is 37.4 Å². The molecule has 682 valence electrons. The van der Waals surface area contributed by atoms with Crippen molar-refractivity contribution in [2.24, 2.45) is 0 Å². The summed E-state index contributed by atoms with van der Waals surface area (Å²) < 4.78 is 33.5. The van der Waals surface area contributed by atoms with Gasteiger partial charge in [-0.15, -0.1) is 56.7 Å². The van der Waals surface area contributed by atoms with Gasteiger partial charge >= 0.3 is 0 Å². The molecule has 0 bridgehead atoms. The Bertz CT molecular complexity index is 7750. The minimum Gasteiger partial charge on any atom is -0.438 e. The fourth-order valence-corrected chi connectivity index (χ4v) is 21.9. The Kier molecular flexibility index (Phi) is 25.5. The lowest BCUT2D eigenvalue weighted by Gasteiger charge is -1.87. The van der Waals surface area contributed by atoms with Gasteiger partial charge in [-0.05, 0) is 200 Å². The molecule has 0 aliphatic rings. The largest absolute Gasteiger partial charge is 0.438 e. The second-order valence-electron chi connectivity index (χ2n) is 31.0. The number of furan rings is 5. The minimum atomic E-state index is 0.609. The van der Waals surface area contributed by atoms with E-state index in [4.69, 9.17) is 22.1 Å². The fourth-order valence-electron chi connectivity index (χ4n) is 15.9. The van der Waals surface area contributed by atoms with E-state index in [0.29, 0.717) is 39.9 Å². The summed E-state index contributed by atoms with van der Waals surface area (Å²) in [5, 5.41) is 19.1. The predicted molar refractivity (Wildman–Crippen MR) is 576 cm³/mol. The quantitative estimate of drug-likeness (QED) is 0.136. The smallest absolute Gasteiger partial charge is 0.229 e. The zero-order valence-corrected chi connectivity index (χ0v) is 79.3. The van der Waals surface area contributed by atoms with E-state index < -0.39 is 0 Å². The van der Waals surface area contributed by atoms with Crippen LogP contribution in [-0.2, 0) is 0 Å². The molecule has 33 aromatic rings. The van der Waals surface area contributed by atoms with Crippen LogP contribution in [0.3, 0.4) is 0 Å². The molecule has 0 saturated heterocycles. The van der Waals surface area contributed by atoms with Gasteiger partial charge in [-0.2, -0.15) is 0 Å². The first-order valence-corrected chi connectivity index (χ1v) is 49.2. The van der Waals surface area contributed by atoms with Crippen molar-refractivity contribution in [1.29, 1.82) is 0 Å². The summed E-state index contributed by atoms with van der Waals surface area (Å²) in [5.74, 6) is 0. The first-order valence-electron chi connectivity index (χ1n) is 44.3. The van der Waals surface area contributed by atoms with Crippen LogP contribution >= 0.6 is 68.0 Å². The monoisotopic (exact) mass is 1970 g/mol. The van der Waals surface area contributed by atoms with E-state index in [9.17, 15) is 0 Å². The van der Waals surface area contributed by atoms with Crippen LogP contribution in [0.25, 0.3) is 233 Å². The van der Waals surface area contributed by atoms with Gasteiger partial charge in [-0.1, -0.05) is 65.9 Å². The van der Waals surface area contributed by atoms with Crippen molar-refractivity contribution in [3.63, 3.8) is 0 Å². The summed E-state index contributed by atoms with van der Waals surface area (Å²) in [7, 11) is 0. The number of fused-ring (bicyclic) bond motifs is 33. The Hall–Kier alpha value is -18.4. The van der Waals surface area contributed by atoms with Gasteiger partial charge in [0.25, 0.3) is 0 Å². The SMILES string of the molecule is c1ccc2c(c1)oc1ncccc12.c1ccc2c(c1)sc1ncccc12.c1ccc2c(c1)sc1nccnc12.c1cnc2c(c1)oc1ncccc12.c1cnc2c(c1)sc1ncccc12.c1cnc2oc3ccncc3c2c1.c1cnc2oc3cncnc3c2c1.c1cnc2oc3ncccc3c2c1.c1cnc2sc3ccncc3c2c1.c1cnc2sc3cncnc3c2c1.c1cnc2sc3ncccc3c2c1. The molecule has 0 saturated carbocycles. The van der Waals surface area contributed by atoms with Crippen molar-refractivity contribution in [2.75, 3.05) is 0 Å². The van der Waals surface area contributed by atoms with Crippen LogP contribution in [0.4, 0.5) is 0 Å². The highest BCUT2D eigenvalue weighted by Gasteiger charge is 2.15. The molecule has 30 heterocycles. The highest BCUT2D eigenvalue weighted by atomic mass is 32.1. The molecule has 27 nitrogen and oxygen atoms in total. The summed E-state index contributed by atoms with van der Waals surface area (Å²) >= 11 is 10.1. The fraction of sp³-hybridized carbons (Fsp3) is 0. The second-order valence-corrected chi connectivity index (χ2v) is 37.1. The molecule has 33 rings (SSSR count). The Morgan fingerprint density at radius 2 is 0.455 bits per heavy atom. The Balaban J connectivity index is 0.0000000873. The molecule has 0 unspecified atom stereocenters. The Morgan fingerprint density at radius 1 is 0.140 bits per heavy atom. The van der Waals surface area contributed by atoms with E-state index in [0.717, 1.165) is 137 Å². The third-order valence-electron chi connectivity index (χ3n) is 22.3. The van der Waals surface area contributed by atoms with Crippen molar-refractivity contribution in [3.8, 4) is 0 Å². The molecular formula is C110H66N22O5S6. The number of hydrogen-bond donors (Lipinski definition) is 0. The number of thiophene rings is 6. The summed E-state index contributed by atoms with van der Waals surface area (Å²) in [6, 6.07) is 83.7. The summed E-state index contributed by atoms with van der Waals surface area (Å²) in [4.78, 5) is 99.5. The number of pyridine rings is 16. The molecule has 30 aromatic heterocycles. The molecule has 0 spiro atoms. The van der Waals surface area contributed by atoms with Crippen LogP contribution in [0.15, 0.2) is 426 Å². The predicted octanol–water partition coefficient (Wildman–Crippen LogP) is 28.9. The summed E-state index contributed by atoms with van der Waals surface area (Å²) in [5.41, 5.74) is 11.9. The molecule has 33 heteroatoms. The second kappa shape index (κ2) is 41.1. The van der Waals surface area contributed by atoms with Crippen LogP contribution in [0.5, 0.6) is 0 Å². The third kappa shape index (κ3) is 18.8. The minimum absolute atomic E-state index is 0.609. The van der Waals surface area contributed by atoms with Crippen LogP contribution in [0.2, 0.25) is 0 Å². The molecule has 0 atom stereocenters. The van der Waals surface area contributed by atoms with Crippen molar-refractivity contribution < 1.29 is 22.1 Å². The van der Waals surface area contributed by atoms with E-state index in [1.54, 1.807) is 155 Å². The molecule has 0 N–H and O–H groups in total. The average Bonchev–Trinajstić information content (AvgIpc) is 1.73. The highest BCUT2D eigenvalue weighted by molar-refractivity contribution is 7.27. The van der Waals surface area contributed by atoms with Gasteiger partial charge in [0.2, 0.25) is 34.3 Å². The summed E-state index contributed by atoms with van der Waals surface area (Å²) in [6.07, 6.45) is 42.0. The molecular weight excluding hydrogens is 1900 g/mol. The zero-order valence-electron chi connectivity index (χ0n) is 74.4. The van der Waals surface area contributed by atoms with Crippen LogP contribution < -0.4 is 0 Å². The van der Waals surface area contributed by atoms with Crippen molar-refractivity contribution in [2.45, 2.75) is 0 Å². The number of para-hydroxylation sites is 1. The van der Waals surface area contributed by atoms with Gasteiger partial charge in [0, 0.05) is 225 Å². The van der Waals surface area contributed by atoms with Crippen LogP contribution in [0, 0.1) is 0 Å². The first-order chi connectivity index (χ1) is 70.9. The molecule has 0 aliphatic carbocycles. The standard InChI is InChI=1S/C11H7NO.C11H7NS.3C10H6N2O.4C10H6N2S.C9H5N3O.C9H5N3S/c2*1-2-6-10-8(4-1)9-5-3-7-12-11(9)13-10;1-3-7-9-8(4-2-5-11-9)13-10(7)12-6-1;1-3-7-8-4-2-6-12-10(8)13-9(7)11-5-1;1-2-7-8-6-11-5-3-9(8)13-10(7)12-4-1;1-3-7-9-8(4-2-5-11-9)13-10(7)12-6-1;1-3-7-8-4-2-6-12-10(8)13-9(7)11-5-1;1-2-7-8-6-11-5-3-9(8)13-10(7)12-4-1;1-2-4-8-7(3-1)9-10(13-8)12-6-5-11-9;2*1-2-6-8-7(4-10-5-12-8)13-9(6)11-3-1/h2*1-7H;7*1-6H;2*1-5H. The number of aromatic nitrogens is 22. The van der Waals surface area contributed by atoms with Gasteiger partial charge in [0.1, 0.15) is 74.2 Å². The highest BCUT2D eigenvalue weighted by Crippen LogP contribution is 2.38. The van der Waals surface area contributed by atoms with Crippen LogP contribution in [-0.4, -0.2) is 110 Å². The average molecular weight is 1970 g/mol. The van der Waals surface area contributed by atoms with E-state index in [-0.39, 0.29) is 0 Å². The normalized spacial score (nSPS) is 11.1. The summed E-state index contributed by atoms with van der Waals surface area (Å²) in [6.45, 7) is 0. The number of nitrogens with zero attached hydrogens (tertiary/aromatic N) is 22. The lowest BCUT2D eigenvalue weighted by molar-refractivity contribution is 0.640. The van der Waals surface area contributed by atoms with E-state index in [1.807, 2.05) is 238 Å². The first kappa shape index (κ1) is 88.6. The lowest BCUT2D eigenvalue weighted by atomic mass is 10.2. The Morgan fingerprint density at radius 3 is 1.05 bits per heavy atom. The van der Waals surface area contributed by atoms with E-state index in [1.165, 1.54) is 62.8 Å².